The SMILES string of the molecule is CCCC/C(C)=C\C1=C(C)C(=O)C(=C(C)C)C1=O. The van der Waals surface area contributed by atoms with Crippen molar-refractivity contribution in [3.63, 3.8) is 0 Å². The highest BCUT2D eigenvalue weighted by Crippen LogP contribution is 2.28. The number of allylic oxidation sites excluding steroid dienone is 6. The van der Waals surface area contributed by atoms with Crippen molar-refractivity contribution in [2.24, 2.45) is 0 Å². The second kappa shape index (κ2) is 5.94. The molecular weight excluding hydrogens is 224 g/mol. The second-order valence-electron chi connectivity index (χ2n) is 5.17. The lowest BCUT2D eigenvalue weighted by atomic mass is 10.0. The zero-order chi connectivity index (χ0) is 13.9. The average Bonchev–Trinajstić information content (AvgIpc) is 2.50. The first-order valence-corrected chi connectivity index (χ1v) is 6.55. The van der Waals surface area contributed by atoms with Crippen molar-refractivity contribution in [2.45, 2.75) is 53.9 Å². The van der Waals surface area contributed by atoms with Gasteiger partial charge in [0.1, 0.15) is 0 Å². The number of carbonyl (C=O) groups excluding carboxylic acids is 2. The summed E-state index contributed by atoms with van der Waals surface area (Å²) in [7, 11) is 0. The molecular formula is C16H22O2. The van der Waals surface area contributed by atoms with Gasteiger partial charge in [0.15, 0.2) is 11.6 Å². The second-order valence-corrected chi connectivity index (χ2v) is 5.17. The average molecular weight is 246 g/mol. The summed E-state index contributed by atoms with van der Waals surface area (Å²) in [5.41, 5.74) is 3.51. The number of carbonyl (C=O) groups is 2. The Morgan fingerprint density at radius 3 is 2.17 bits per heavy atom. The maximum Gasteiger partial charge on any atom is 0.197 e. The molecule has 18 heavy (non-hydrogen) atoms. The minimum absolute atomic E-state index is 0.102. The maximum absolute atomic E-state index is 12.2. The van der Waals surface area contributed by atoms with Crippen LogP contribution in [0.2, 0.25) is 0 Å². The highest BCUT2D eigenvalue weighted by atomic mass is 16.2. The van der Waals surface area contributed by atoms with E-state index >= 15 is 0 Å². The van der Waals surface area contributed by atoms with Crippen molar-refractivity contribution >= 4 is 11.6 Å². The van der Waals surface area contributed by atoms with E-state index < -0.39 is 0 Å². The summed E-state index contributed by atoms with van der Waals surface area (Å²) in [5, 5.41) is 0. The Morgan fingerprint density at radius 2 is 1.72 bits per heavy atom. The Morgan fingerprint density at radius 1 is 1.11 bits per heavy atom. The van der Waals surface area contributed by atoms with Crippen molar-refractivity contribution < 1.29 is 9.59 Å². The molecule has 98 valence electrons. The molecule has 0 aromatic carbocycles. The number of hydrogen-bond acceptors (Lipinski definition) is 2. The molecule has 0 bridgehead atoms. The summed E-state index contributed by atoms with van der Waals surface area (Å²) in [6, 6.07) is 0. The largest absolute Gasteiger partial charge is 0.289 e. The van der Waals surface area contributed by atoms with Crippen LogP contribution in [0.3, 0.4) is 0 Å². The normalized spacial score (nSPS) is 16.9. The molecule has 0 saturated carbocycles. The summed E-state index contributed by atoms with van der Waals surface area (Å²) >= 11 is 0. The zero-order valence-corrected chi connectivity index (χ0v) is 12.0. The highest BCUT2D eigenvalue weighted by molar-refractivity contribution is 6.39. The van der Waals surface area contributed by atoms with Crippen LogP contribution < -0.4 is 0 Å². The molecule has 1 rings (SSSR count). The third-order valence-electron chi connectivity index (χ3n) is 3.26. The van der Waals surface area contributed by atoms with Gasteiger partial charge in [-0.1, -0.05) is 30.6 Å². The van der Waals surface area contributed by atoms with Gasteiger partial charge in [0.25, 0.3) is 0 Å². The van der Waals surface area contributed by atoms with Gasteiger partial charge in [-0.25, -0.2) is 0 Å². The van der Waals surface area contributed by atoms with Gasteiger partial charge < -0.3 is 0 Å². The molecule has 2 nitrogen and oxygen atoms in total. The Hall–Kier alpha value is -1.44. The smallest absolute Gasteiger partial charge is 0.197 e. The van der Waals surface area contributed by atoms with Crippen LogP contribution in [0.25, 0.3) is 0 Å². The maximum atomic E-state index is 12.2. The van der Waals surface area contributed by atoms with E-state index in [1.54, 1.807) is 6.92 Å². The van der Waals surface area contributed by atoms with Crippen LogP contribution in [0.15, 0.2) is 33.9 Å². The summed E-state index contributed by atoms with van der Waals surface area (Å²) in [6.45, 7) is 9.54. The predicted octanol–water partition coefficient (Wildman–Crippen LogP) is 3.93. The molecule has 0 aliphatic heterocycles. The van der Waals surface area contributed by atoms with Crippen molar-refractivity contribution in [2.75, 3.05) is 0 Å². The molecule has 2 heteroatoms. The molecule has 0 heterocycles. The van der Waals surface area contributed by atoms with E-state index in [4.69, 9.17) is 0 Å². The fraction of sp³-hybridized carbons (Fsp3) is 0.500. The first kappa shape index (κ1) is 14.6. The van der Waals surface area contributed by atoms with Gasteiger partial charge in [0.05, 0.1) is 5.57 Å². The summed E-state index contributed by atoms with van der Waals surface area (Å²) in [4.78, 5) is 24.2. The van der Waals surface area contributed by atoms with Gasteiger partial charge in [0.2, 0.25) is 0 Å². The molecule has 0 aromatic rings. The van der Waals surface area contributed by atoms with Crippen molar-refractivity contribution in [1.82, 2.24) is 0 Å². The topological polar surface area (TPSA) is 34.1 Å². The lowest BCUT2D eigenvalue weighted by Crippen LogP contribution is -2.05. The fourth-order valence-electron chi connectivity index (χ4n) is 2.12. The number of ketones is 2. The Bertz CT molecular complexity index is 469. The monoisotopic (exact) mass is 246 g/mol. The van der Waals surface area contributed by atoms with Crippen LogP contribution in [-0.4, -0.2) is 11.6 Å². The van der Waals surface area contributed by atoms with Gasteiger partial charge in [-0.2, -0.15) is 0 Å². The molecule has 0 amide bonds. The fourth-order valence-corrected chi connectivity index (χ4v) is 2.12. The molecule has 0 spiro atoms. The van der Waals surface area contributed by atoms with E-state index in [9.17, 15) is 9.59 Å². The third kappa shape index (κ3) is 2.87. The first-order chi connectivity index (χ1) is 8.40. The lowest BCUT2D eigenvalue weighted by molar-refractivity contribution is -0.115. The minimum Gasteiger partial charge on any atom is -0.289 e. The number of Topliss-reactive ketones (excluding diaryl/α,β-unsaturated/α-hetero) is 2. The van der Waals surface area contributed by atoms with E-state index in [2.05, 4.69) is 6.92 Å². The van der Waals surface area contributed by atoms with Gasteiger partial charge in [-0.05, 0) is 40.5 Å². The number of unbranched alkanes of at least 4 members (excludes halogenated alkanes) is 1. The predicted molar refractivity (Wildman–Crippen MR) is 74.4 cm³/mol. The molecule has 0 aromatic heterocycles. The molecule has 1 aliphatic carbocycles. The van der Waals surface area contributed by atoms with Crippen LogP contribution in [0.1, 0.15) is 53.9 Å². The van der Waals surface area contributed by atoms with E-state index in [1.807, 2.05) is 26.8 Å². The minimum atomic E-state index is -0.103. The van der Waals surface area contributed by atoms with Crippen LogP contribution in [0.4, 0.5) is 0 Å². The van der Waals surface area contributed by atoms with Crippen molar-refractivity contribution in [3.8, 4) is 0 Å². The molecule has 0 saturated heterocycles. The summed E-state index contributed by atoms with van der Waals surface area (Å²) in [5.74, 6) is -0.206. The zero-order valence-electron chi connectivity index (χ0n) is 12.0. The van der Waals surface area contributed by atoms with Crippen LogP contribution in [0.5, 0.6) is 0 Å². The molecule has 0 atom stereocenters. The highest BCUT2D eigenvalue weighted by Gasteiger charge is 2.32. The van der Waals surface area contributed by atoms with Crippen molar-refractivity contribution in [3.05, 3.63) is 33.9 Å². The summed E-state index contributed by atoms with van der Waals surface area (Å²) in [6.07, 6.45) is 5.13. The van der Waals surface area contributed by atoms with Crippen LogP contribution >= 0.6 is 0 Å². The molecule has 0 N–H and O–H groups in total. The summed E-state index contributed by atoms with van der Waals surface area (Å²) < 4.78 is 0. The number of rotatable bonds is 4. The van der Waals surface area contributed by atoms with Crippen molar-refractivity contribution in [1.29, 1.82) is 0 Å². The van der Waals surface area contributed by atoms with Crippen LogP contribution in [-0.2, 0) is 9.59 Å². The lowest BCUT2D eigenvalue weighted by Gasteiger charge is -2.01. The molecule has 0 unspecified atom stereocenters. The molecule has 0 radical (unpaired) electrons. The van der Waals surface area contributed by atoms with Gasteiger partial charge in [0, 0.05) is 11.1 Å². The van der Waals surface area contributed by atoms with E-state index in [-0.39, 0.29) is 11.6 Å². The van der Waals surface area contributed by atoms with Gasteiger partial charge >= 0.3 is 0 Å². The quantitative estimate of drug-likeness (QED) is 0.556. The van der Waals surface area contributed by atoms with Gasteiger partial charge in [-0.3, -0.25) is 9.59 Å². The first-order valence-electron chi connectivity index (χ1n) is 6.55. The van der Waals surface area contributed by atoms with E-state index in [1.165, 1.54) is 5.57 Å². The van der Waals surface area contributed by atoms with E-state index in [0.29, 0.717) is 16.7 Å². The standard InChI is InChI=1S/C16H22O2/c1-6-7-8-11(4)9-13-12(5)15(17)14(10(2)3)16(13)18/h9H,6-8H2,1-5H3/b11-9-. The number of hydrogen-bond donors (Lipinski definition) is 0. The molecule has 0 fully saturated rings. The van der Waals surface area contributed by atoms with Gasteiger partial charge in [-0.15, -0.1) is 0 Å². The van der Waals surface area contributed by atoms with E-state index in [0.717, 1.165) is 24.8 Å². The Balaban J connectivity index is 3.07. The Kier molecular flexibility index (Phi) is 4.83. The third-order valence-corrected chi connectivity index (χ3v) is 3.26. The molecule has 1 aliphatic rings. The Labute approximate surface area is 109 Å². The van der Waals surface area contributed by atoms with Crippen LogP contribution in [0, 0.1) is 0 Å².